The standard InChI is InChI=1S/C12H16ClN3O2/c1-3-8(2)18-11-5-4-9(6-10(11)13)7-15-16-12(14)17/h4-8H,3H2,1-2H3,(H3,14,16,17)/b15-7-/t8-/m1/s1. The Morgan fingerprint density at radius 2 is 2.39 bits per heavy atom. The van der Waals surface area contributed by atoms with Gasteiger partial charge in [0.25, 0.3) is 0 Å². The van der Waals surface area contributed by atoms with Crippen molar-refractivity contribution in [1.29, 1.82) is 0 Å². The van der Waals surface area contributed by atoms with Gasteiger partial charge in [-0.05, 0) is 37.1 Å². The van der Waals surface area contributed by atoms with Gasteiger partial charge in [0.05, 0.1) is 17.3 Å². The van der Waals surface area contributed by atoms with Crippen LogP contribution in [0, 0.1) is 0 Å². The van der Waals surface area contributed by atoms with Crippen LogP contribution in [0.2, 0.25) is 5.02 Å². The molecule has 0 fully saturated rings. The highest BCUT2D eigenvalue weighted by Gasteiger charge is 2.06. The minimum atomic E-state index is -0.714. The first-order valence-electron chi connectivity index (χ1n) is 5.57. The molecule has 0 unspecified atom stereocenters. The largest absolute Gasteiger partial charge is 0.489 e. The van der Waals surface area contributed by atoms with Crippen LogP contribution in [0.15, 0.2) is 23.3 Å². The van der Waals surface area contributed by atoms with Gasteiger partial charge in [-0.2, -0.15) is 5.10 Å². The molecule has 0 saturated carbocycles. The SMILES string of the molecule is CC[C@@H](C)Oc1ccc(/C=N\NC(N)=O)cc1Cl. The van der Waals surface area contributed by atoms with E-state index in [1.54, 1.807) is 18.2 Å². The van der Waals surface area contributed by atoms with Gasteiger partial charge in [-0.15, -0.1) is 0 Å². The maximum Gasteiger partial charge on any atom is 0.332 e. The second kappa shape index (κ2) is 6.86. The molecule has 0 aliphatic rings. The molecule has 3 N–H and O–H groups in total. The molecule has 0 aliphatic carbocycles. The summed E-state index contributed by atoms with van der Waals surface area (Å²) in [4.78, 5) is 10.4. The average Bonchev–Trinajstić information content (AvgIpc) is 2.32. The van der Waals surface area contributed by atoms with Crippen LogP contribution in [0.1, 0.15) is 25.8 Å². The molecule has 1 aromatic rings. The smallest absolute Gasteiger partial charge is 0.332 e. The Morgan fingerprint density at radius 1 is 1.67 bits per heavy atom. The van der Waals surface area contributed by atoms with Crippen LogP contribution >= 0.6 is 11.6 Å². The fourth-order valence-corrected chi connectivity index (χ4v) is 1.40. The van der Waals surface area contributed by atoms with Gasteiger partial charge in [-0.3, -0.25) is 0 Å². The Morgan fingerprint density at radius 3 is 2.94 bits per heavy atom. The number of hydrazone groups is 1. The second-order valence-electron chi connectivity index (χ2n) is 3.76. The van der Waals surface area contributed by atoms with Gasteiger partial charge in [-0.1, -0.05) is 18.5 Å². The van der Waals surface area contributed by atoms with Crippen molar-refractivity contribution in [1.82, 2.24) is 5.43 Å². The number of urea groups is 1. The van der Waals surface area contributed by atoms with Gasteiger partial charge in [0.1, 0.15) is 5.75 Å². The minimum Gasteiger partial charge on any atom is -0.489 e. The van der Waals surface area contributed by atoms with Gasteiger partial charge < -0.3 is 10.5 Å². The van der Waals surface area contributed by atoms with Crippen LogP contribution in [-0.4, -0.2) is 18.3 Å². The lowest BCUT2D eigenvalue weighted by Gasteiger charge is -2.13. The number of nitrogens with one attached hydrogen (secondary N) is 1. The van der Waals surface area contributed by atoms with E-state index >= 15 is 0 Å². The van der Waals surface area contributed by atoms with Crippen molar-refractivity contribution in [3.05, 3.63) is 28.8 Å². The first kappa shape index (κ1) is 14.3. The third-order valence-electron chi connectivity index (χ3n) is 2.25. The van der Waals surface area contributed by atoms with Crippen LogP contribution < -0.4 is 15.9 Å². The number of hydrogen-bond donors (Lipinski definition) is 2. The number of primary amides is 1. The van der Waals surface area contributed by atoms with Gasteiger partial charge in [0, 0.05) is 0 Å². The number of carbonyl (C=O) groups is 1. The maximum absolute atomic E-state index is 10.4. The number of halogens is 1. The van der Waals surface area contributed by atoms with E-state index in [1.165, 1.54) is 6.21 Å². The van der Waals surface area contributed by atoms with Crippen molar-refractivity contribution in [2.24, 2.45) is 10.8 Å². The summed E-state index contributed by atoms with van der Waals surface area (Å²) < 4.78 is 5.63. The van der Waals surface area contributed by atoms with Gasteiger partial charge >= 0.3 is 6.03 Å². The molecular formula is C12H16ClN3O2. The normalized spacial score (nSPS) is 12.4. The highest BCUT2D eigenvalue weighted by Crippen LogP contribution is 2.26. The Balaban J connectivity index is 2.73. The lowest BCUT2D eigenvalue weighted by atomic mass is 10.2. The predicted octanol–water partition coefficient (Wildman–Crippen LogP) is 2.52. The van der Waals surface area contributed by atoms with Crippen molar-refractivity contribution in [3.8, 4) is 5.75 Å². The van der Waals surface area contributed by atoms with Crippen LogP contribution in [-0.2, 0) is 0 Å². The third-order valence-corrected chi connectivity index (χ3v) is 2.54. The van der Waals surface area contributed by atoms with E-state index in [-0.39, 0.29) is 6.10 Å². The van der Waals surface area contributed by atoms with E-state index in [1.807, 2.05) is 13.8 Å². The molecule has 0 bridgehead atoms. The summed E-state index contributed by atoms with van der Waals surface area (Å²) in [5, 5.41) is 4.14. The summed E-state index contributed by atoms with van der Waals surface area (Å²) in [6.07, 6.45) is 2.46. The van der Waals surface area contributed by atoms with Gasteiger partial charge in [-0.25, -0.2) is 10.2 Å². The Bertz CT molecular complexity index is 449. The first-order valence-corrected chi connectivity index (χ1v) is 5.95. The average molecular weight is 270 g/mol. The van der Waals surface area contributed by atoms with Crippen LogP contribution in [0.4, 0.5) is 4.79 Å². The monoisotopic (exact) mass is 269 g/mol. The Hall–Kier alpha value is -1.75. The van der Waals surface area contributed by atoms with E-state index in [0.29, 0.717) is 10.8 Å². The lowest BCUT2D eigenvalue weighted by molar-refractivity contribution is 0.217. The zero-order valence-corrected chi connectivity index (χ0v) is 11.1. The summed E-state index contributed by atoms with van der Waals surface area (Å²) in [7, 11) is 0. The number of amides is 2. The summed E-state index contributed by atoms with van der Waals surface area (Å²) >= 11 is 6.07. The Kier molecular flexibility index (Phi) is 5.45. The first-order chi connectivity index (χ1) is 8.52. The molecule has 0 saturated heterocycles. The highest BCUT2D eigenvalue weighted by molar-refractivity contribution is 6.32. The number of hydrogen-bond acceptors (Lipinski definition) is 3. The molecule has 2 amide bonds. The third kappa shape index (κ3) is 4.63. The molecule has 1 atom stereocenters. The fourth-order valence-electron chi connectivity index (χ4n) is 1.16. The number of benzene rings is 1. The number of carbonyl (C=O) groups excluding carboxylic acids is 1. The molecule has 0 spiro atoms. The molecule has 0 aliphatic heterocycles. The highest BCUT2D eigenvalue weighted by atomic mass is 35.5. The van der Waals surface area contributed by atoms with Crippen LogP contribution in [0.3, 0.4) is 0 Å². The fraction of sp³-hybridized carbons (Fsp3) is 0.333. The summed E-state index contributed by atoms with van der Waals surface area (Å²) in [6, 6.07) is 4.54. The number of ether oxygens (including phenoxy) is 1. The molecule has 5 nitrogen and oxygen atoms in total. The molecule has 1 aromatic carbocycles. The van der Waals surface area contributed by atoms with E-state index in [2.05, 4.69) is 10.5 Å². The number of nitrogens with two attached hydrogens (primary N) is 1. The lowest BCUT2D eigenvalue weighted by Crippen LogP contribution is -2.24. The quantitative estimate of drug-likeness (QED) is 0.636. The molecule has 1 rings (SSSR count). The van der Waals surface area contributed by atoms with Crippen molar-refractivity contribution < 1.29 is 9.53 Å². The summed E-state index contributed by atoms with van der Waals surface area (Å²) in [5.74, 6) is 0.631. The van der Waals surface area contributed by atoms with E-state index in [0.717, 1.165) is 12.0 Å². The van der Waals surface area contributed by atoms with Crippen LogP contribution in [0.5, 0.6) is 5.75 Å². The van der Waals surface area contributed by atoms with Gasteiger partial charge in [0.2, 0.25) is 0 Å². The van der Waals surface area contributed by atoms with Crippen molar-refractivity contribution in [2.75, 3.05) is 0 Å². The van der Waals surface area contributed by atoms with Crippen molar-refractivity contribution in [2.45, 2.75) is 26.4 Å². The summed E-state index contributed by atoms with van der Waals surface area (Å²) in [6.45, 7) is 4.01. The molecule has 0 aromatic heterocycles. The molecule has 6 heteroatoms. The zero-order valence-electron chi connectivity index (χ0n) is 10.3. The van der Waals surface area contributed by atoms with Crippen molar-refractivity contribution in [3.63, 3.8) is 0 Å². The van der Waals surface area contributed by atoms with E-state index < -0.39 is 6.03 Å². The van der Waals surface area contributed by atoms with E-state index in [4.69, 9.17) is 22.1 Å². The molecule has 98 valence electrons. The van der Waals surface area contributed by atoms with Crippen LogP contribution in [0.25, 0.3) is 0 Å². The number of rotatable bonds is 5. The second-order valence-corrected chi connectivity index (χ2v) is 4.17. The maximum atomic E-state index is 10.4. The minimum absolute atomic E-state index is 0.110. The van der Waals surface area contributed by atoms with Crippen molar-refractivity contribution >= 4 is 23.8 Å². The summed E-state index contributed by atoms with van der Waals surface area (Å²) in [5.41, 5.74) is 7.72. The topological polar surface area (TPSA) is 76.7 Å². The number of nitrogens with zero attached hydrogens (tertiary/aromatic N) is 1. The molecular weight excluding hydrogens is 254 g/mol. The van der Waals surface area contributed by atoms with E-state index in [9.17, 15) is 4.79 Å². The predicted molar refractivity (Wildman–Crippen MR) is 72.1 cm³/mol. The molecule has 0 radical (unpaired) electrons. The Labute approximate surface area is 111 Å². The molecule has 18 heavy (non-hydrogen) atoms. The zero-order chi connectivity index (χ0) is 13.5. The van der Waals surface area contributed by atoms with Gasteiger partial charge in [0.15, 0.2) is 0 Å². The molecule has 0 heterocycles.